The molecule has 1 aromatic heterocycles. The van der Waals surface area contributed by atoms with Crippen molar-refractivity contribution in [1.82, 2.24) is 14.2 Å². The van der Waals surface area contributed by atoms with Crippen molar-refractivity contribution in [2.24, 2.45) is 0 Å². The summed E-state index contributed by atoms with van der Waals surface area (Å²) in [6, 6.07) is 16.5. The number of carbonyl (C=O) groups is 1. The van der Waals surface area contributed by atoms with E-state index in [1.54, 1.807) is 41.6 Å². The molecule has 2 aromatic carbocycles. The average molecular weight is 407 g/mol. The SMILES string of the molecule is O=C(C=Cc1ccccc1)N1CCN(S(=O)(=O)c2cccc3cnccc23)CC1. The van der Waals surface area contributed by atoms with Crippen molar-refractivity contribution >= 4 is 32.8 Å². The maximum atomic E-state index is 13.2. The van der Waals surface area contributed by atoms with Crippen molar-refractivity contribution in [3.63, 3.8) is 0 Å². The summed E-state index contributed by atoms with van der Waals surface area (Å²) in [4.78, 5) is 18.5. The molecule has 2 heterocycles. The molecule has 4 rings (SSSR count). The van der Waals surface area contributed by atoms with E-state index in [9.17, 15) is 13.2 Å². The van der Waals surface area contributed by atoms with Gasteiger partial charge in [-0.2, -0.15) is 4.31 Å². The fourth-order valence-electron chi connectivity index (χ4n) is 3.44. The van der Waals surface area contributed by atoms with Crippen LogP contribution in [-0.2, 0) is 14.8 Å². The van der Waals surface area contributed by atoms with Crippen LogP contribution >= 0.6 is 0 Å². The number of pyridine rings is 1. The molecule has 0 aliphatic carbocycles. The molecule has 1 aliphatic rings. The maximum Gasteiger partial charge on any atom is 0.246 e. The van der Waals surface area contributed by atoms with Gasteiger partial charge in [0.1, 0.15) is 0 Å². The molecule has 0 bridgehead atoms. The van der Waals surface area contributed by atoms with Gasteiger partial charge in [0.05, 0.1) is 4.90 Å². The molecule has 0 N–H and O–H groups in total. The third-order valence-electron chi connectivity index (χ3n) is 5.03. The minimum Gasteiger partial charge on any atom is -0.337 e. The number of aromatic nitrogens is 1. The Morgan fingerprint density at radius 3 is 2.45 bits per heavy atom. The van der Waals surface area contributed by atoms with Crippen molar-refractivity contribution in [1.29, 1.82) is 0 Å². The molecule has 0 spiro atoms. The van der Waals surface area contributed by atoms with Gasteiger partial charge >= 0.3 is 0 Å². The highest BCUT2D eigenvalue weighted by atomic mass is 32.2. The number of sulfonamides is 1. The molecule has 0 radical (unpaired) electrons. The van der Waals surface area contributed by atoms with E-state index in [-0.39, 0.29) is 23.9 Å². The fraction of sp³-hybridized carbons (Fsp3) is 0.182. The number of hydrogen-bond acceptors (Lipinski definition) is 4. The van der Waals surface area contributed by atoms with Crippen LogP contribution < -0.4 is 0 Å². The summed E-state index contributed by atoms with van der Waals surface area (Å²) in [5, 5.41) is 1.44. The lowest BCUT2D eigenvalue weighted by Gasteiger charge is -2.33. The van der Waals surface area contributed by atoms with Gasteiger partial charge in [-0.3, -0.25) is 9.78 Å². The van der Waals surface area contributed by atoms with Crippen LogP contribution in [0.5, 0.6) is 0 Å². The minimum atomic E-state index is -3.64. The van der Waals surface area contributed by atoms with Gasteiger partial charge in [0.2, 0.25) is 15.9 Å². The van der Waals surface area contributed by atoms with Crippen LogP contribution in [0.25, 0.3) is 16.8 Å². The lowest BCUT2D eigenvalue weighted by Crippen LogP contribution is -2.50. The molecule has 7 heteroatoms. The molecule has 1 saturated heterocycles. The molecular formula is C22H21N3O3S. The Bertz CT molecular complexity index is 1150. The molecule has 1 aliphatic heterocycles. The van der Waals surface area contributed by atoms with Crippen LogP contribution in [0.1, 0.15) is 5.56 Å². The van der Waals surface area contributed by atoms with Gasteiger partial charge in [-0.1, -0.05) is 42.5 Å². The summed E-state index contributed by atoms with van der Waals surface area (Å²) < 4.78 is 27.8. The zero-order chi connectivity index (χ0) is 20.3. The standard InChI is InChI=1S/C22H21N3O3S/c26-22(10-9-18-5-2-1-3-6-18)24-13-15-25(16-14-24)29(27,28)21-8-4-7-19-17-23-12-11-20(19)21/h1-12,17H,13-16H2. The first-order chi connectivity index (χ1) is 14.1. The number of nitrogens with zero attached hydrogens (tertiary/aromatic N) is 3. The van der Waals surface area contributed by atoms with Crippen LogP contribution in [0.3, 0.4) is 0 Å². The van der Waals surface area contributed by atoms with Crippen LogP contribution in [0, 0.1) is 0 Å². The fourth-order valence-corrected chi connectivity index (χ4v) is 5.08. The first kappa shape index (κ1) is 19.3. The summed E-state index contributed by atoms with van der Waals surface area (Å²) in [5.74, 6) is -0.109. The summed E-state index contributed by atoms with van der Waals surface area (Å²) in [6.07, 6.45) is 6.56. The van der Waals surface area contributed by atoms with Crippen molar-refractivity contribution in [2.75, 3.05) is 26.2 Å². The van der Waals surface area contributed by atoms with Crippen molar-refractivity contribution in [3.8, 4) is 0 Å². The summed E-state index contributed by atoms with van der Waals surface area (Å²) in [7, 11) is -3.64. The first-order valence-electron chi connectivity index (χ1n) is 9.41. The van der Waals surface area contributed by atoms with E-state index in [2.05, 4.69) is 4.98 Å². The Balaban J connectivity index is 1.46. The second-order valence-corrected chi connectivity index (χ2v) is 8.73. The number of carbonyl (C=O) groups excluding carboxylic acids is 1. The van der Waals surface area contributed by atoms with Crippen molar-refractivity contribution < 1.29 is 13.2 Å². The molecule has 0 saturated carbocycles. The quantitative estimate of drug-likeness (QED) is 0.624. The molecule has 0 unspecified atom stereocenters. The molecule has 0 atom stereocenters. The zero-order valence-electron chi connectivity index (χ0n) is 15.8. The smallest absolute Gasteiger partial charge is 0.246 e. The number of amides is 1. The van der Waals surface area contributed by atoms with Crippen LogP contribution in [-0.4, -0.2) is 54.7 Å². The topological polar surface area (TPSA) is 70.6 Å². The third-order valence-corrected chi connectivity index (χ3v) is 6.98. The van der Waals surface area contributed by atoms with Gasteiger partial charge < -0.3 is 4.90 Å². The van der Waals surface area contributed by atoms with E-state index in [0.717, 1.165) is 10.9 Å². The number of rotatable bonds is 4. The maximum absolute atomic E-state index is 13.2. The van der Waals surface area contributed by atoms with Crippen LogP contribution in [0.2, 0.25) is 0 Å². The predicted molar refractivity (Wildman–Crippen MR) is 113 cm³/mol. The van der Waals surface area contributed by atoms with Crippen LogP contribution in [0.15, 0.2) is 78.0 Å². The number of fused-ring (bicyclic) bond motifs is 1. The van der Waals surface area contributed by atoms with Gasteiger partial charge in [-0.25, -0.2) is 8.42 Å². The Labute approximate surface area is 170 Å². The van der Waals surface area contributed by atoms with Gasteiger partial charge in [-0.05, 0) is 23.8 Å². The molecule has 3 aromatic rings. The molecular weight excluding hydrogens is 386 g/mol. The van der Waals surface area contributed by atoms with E-state index in [4.69, 9.17) is 0 Å². The number of benzene rings is 2. The highest BCUT2D eigenvalue weighted by molar-refractivity contribution is 7.89. The van der Waals surface area contributed by atoms with Crippen LogP contribution in [0.4, 0.5) is 0 Å². The van der Waals surface area contributed by atoms with E-state index >= 15 is 0 Å². The Kier molecular flexibility index (Phi) is 5.42. The average Bonchev–Trinajstić information content (AvgIpc) is 2.78. The zero-order valence-corrected chi connectivity index (χ0v) is 16.6. The van der Waals surface area contributed by atoms with E-state index in [0.29, 0.717) is 18.5 Å². The van der Waals surface area contributed by atoms with Gasteiger partial charge in [-0.15, -0.1) is 0 Å². The predicted octanol–water partition coefficient (Wildman–Crippen LogP) is 2.78. The lowest BCUT2D eigenvalue weighted by atomic mass is 10.2. The van der Waals surface area contributed by atoms with E-state index in [1.165, 1.54) is 10.4 Å². The summed E-state index contributed by atoms with van der Waals surface area (Å²) in [5.41, 5.74) is 0.951. The largest absolute Gasteiger partial charge is 0.337 e. The lowest BCUT2D eigenvalue weighted by molar-refractivity contribution is -0.127. The molecule has 6 nitrogen and oxygen atoms in total. The molecule has 148 valence electrons. The molecule has 29 heavy (non-hydrogen) atoms. The first-order valence-corrected chi connectivity index (χ1v) is 10.8. The summed E-state index contributed by atoms with van der Waals surface area (Å²) >= 11 is 0. The Morgan fingerprint density at radius 2 is 1.69 bits per heavy atom. The highest BCUT2D eigenvalue weighted by Gasteiger charge is 2.30. The monoisotopic (exact) mass is 407 g/mol. The normalized spacial score (nSPS) is 15.8. The Morgan fingerprint density at radius 1 is 0.931 bits per heavy atom. The third kappa shape index (κ3) is 4.06. The van der Waals surface area contributed by atoms with E-state index < -0.39 is 10.0 Å². The summed E-state index contributed by atoms with van der Waals surface area (Å²) in [6.45, 7) is 1.27. The second-order valence-electron chi connectivity index (χ2n) is 6.83. The molecule has 1 fully saturated rings. The van der Waals surface area contributed by atoms with E-state index in [1.807, 2.05) is 36.4 Å². The van der Waals surface area contributed by atoms with Gasteiger partial charge in [0.25, 0.3) is 0 Å². The Hall–Kier alpha value is -3.03. The van der Waals surface area contributed by atoms with Crippen molar-refractivity contribution in [2.45, 2.75) is 4.90 Å². The minimum absolute atomic E-state index is 0.109. The number of piperazine rings is 1. The second kappa shape index (κ2) is 8.14. The molecule has 1 amide bonds. The number of hydrogen-bond donors (Lipinski definition) is 0. The van der Waals surface area contributed by atoms with Crippen molar-refractivity contribution in [3.05, 3.63) is 78.6 Å². The highest BCUT2D eigenvalue weighted by Crippen LogP contribution is 2.25. The van der Waals surface area contributed by atoms with Gasteiger partial charge in [0.15, 0.2) is 0 Å². The van der Waals surface area contributed by atoms with Gasteiger partial charge in [0, 0.05) is 55.4 Å².